The lowest BCUT2D eigenvalue weighted by molar-refractivity contribution is -0.122. The minimum Gasteiger partial charge on any atom is -0.355 e. The SMILES string of the molecule is O=C(CN1CCN(C(=O)c2cc(-c3cccc(Cl)c3)on2)CC1)NCc1ccccc1. The number of carbonyl (C=O) groups is 2. The summed E-state index contributed by atoms with van der Waals surface area (Å²) in [6.07, 6.45) is 0. The normalized spacial score (nSPS) is 14.4. The molecule has 4 rings (SSSR count). The topological polar surface area (TPSA) is 78.7 Å². The van der Waals surface area contributed by atoms with Crippen molar-refractivity contribution < 1.29 is 14.1 Å². The maximum absolute atomic E-state index is 12.8. The summed E-state index contributed by atoms with van der Waals surface area (Å²) in [5.41, 5.74) is 2.10. The molecule has 1 aromatic heterocycles. The molecule has 0 aliphatic carbocycles. The number of rotatable bonds is 6. The second kappa shape index (κ2) is 9.76. The number of hydrogen-bond donors (Lipinski definition) is 1. The van der Waals surface area contributed by atoms with E-state index in [1.165, 1.54) is 0 Å². The smallest absolute Gasteiger partial charge is 0.276 e. The second-order valence-corrected chi connectivity index (χ2v) is 7.85. The first-order valence-electron chi connectivity index (χ1n) is 10.1. The van der Waals surface area contributed by atoms with Gasteiger partial charge >= 0.3 is 0 Å². The van der Waals surface area contributed by atoms with Crippen LogP contribution in [-0.4, -0.2) is 59.5 Å². The summed E-state index contributed by atoms with van der Waals surface area (Å²) in [5, 5.41) is 7.45. The summed E-state index contributed by atoms with van der Waals surface area (Å²) in [7, 11) is 0. The fraction of sp³-hybridized carbons (Fsp3) is 0.261. The van der Waals surface area contributed by atoms with Gasteiger partial charge in [-0.1, -0.05) is 59.2 Å². The van der Waals surface area contributed by atoms with Crippen molar-refractivity contribution in [3.8, 4) is 11.3 Å². The van der Waals surface area contributed by atoms with E-state index in [-0.39, 0.29) is 17.5 Å². The average molecular weight is 439 g/mol. The molecule has 0 unspecified atom stereocenters. The van der Waals surface area contributed by atoms with Gasteiger partial charge < -0.3 is 14.7 Å². The van der Waals surface area contributed by atoms with Gasteiger partial charge in [-0.05, 0) is 17.7 Å². The number of halogens is 1. The zero-order chi connectivity index (χ0) is 21.6. The van der Waals surface area contributed by atoms with Crippen molar-refractivity contribution in [1.82, 2.24) is 20.3 Å². The van der Waals surface area contributed by atoms with E-state index in [0.29, 0.717) is 50.1 Å². The molecule has 1 saturated heterocycles. The lowest BCUT2D eigenvalue weighted by atomic mass is 10.1. The van der Waals surface area contributed by atoms with Crippen LogP contribution in [0.25, 0.3) is 11.3 Å². The molecule has 1 aliphatic heterocycles. The molecule has 1 aliphatic rings. The van der Waals surface area contributed by atoms with Crippen molar-refractivity contribution in [3.05, 3.63) is 76.9 Å². The van der Waals surface area contributed by atoms with Crippen LogP contribution in [0, 0.1) is 0 Å². The Morgan fingerprint density at radius 3 is 2.52 bits per heavy atom. The molecule has 1 N–H and O–H groups in total. The van der Waals surface area contributed by atoms with Gasteiger partial charge in [0, 0.05) is 49.4 Å². The van der Waals surface area contributed by atoms with Crippen molar-refractivity contribution >= 4 is 23.4 Å². The first-order chi connectivity index (χ1) is 15.1. The molecule has 0 radical (unpaired) electrons. The van der Waals surface area contributed by atoms with Crippen molar-refractivity contribution in [3.63, 3.8) is 0 Å². The van der Waals surface area contributed by atoms with Gasteiger partial charge in [-0.2, -0.15) is 0 Å². The van der Waals surface area contributed by atoms with E-state index < -0.39 is 0 Å². The molecule has 2 amide bonds. The summed E-state index contributed by atoms with van der Waals surface area (Å²) in [5.74, 6) is 0.302. The number of benzene rings is 2. The molecule has 31 heavy (non-hydrogen) atoms. The highest BCUT2D eigenvalue weighted by Crippen LogP contribution is 2.24. The second-order valence-electron chi connectivity index (χ2n) is 7.42. The van der Waals surface area contributed by atoms with Gasteiger partial charge in [0.05, 0.1) is 6.54 Å². The third-order valence-corrected chi connectivity index (χ3v) is 5.43. The van der Waals surface area contributed by atoms with E-state index in [1.807, 2.05) is 47.4 Å². The zero-order valence-corrected chi connectivity index (χ0v) is 17.7. The van der Waals surface area contributed by atoms with Crippen LogP contribution < -0.4 is 5.32 Å². The Morgan fingerprint density at radius 1 is 1.00 bits per heavy atom. The predicted octanol–water partition coefficient (Wildman–Crippen LogP) is 3.07. The highest BCUT2D eigenvalue weighted by atomic mass is 35.5. The Labute approximate surface area is 185 Å². The number of amides is 2. The van der Waals surface area contributed by atoms with Gasteiger partial charge in [-0.3, -0.25) is 14.5 Å². The number of carbonyl (C=O) groups excluding carboxylic acids is 2. The zero-order valence-electron chi connectivity index (χ0n) is 17.0. The summed E-state index contributed by atoms with van der Waals surface area (Å²) in [4.78, 5) is 28.8. The summed E-state index contributed by atoms with van der Waals surface area (Å²) in [6.45, 7) is 3.15. The number of hydrogen-bond acceptors (Lipinski definition) is 5. The van der Waals surface area contributed by atoms with Crippen molar-refractivity contribution in [2.75, 3.05) is 32.7 Å². The van der Waals surface area contributed by atoms with Gasteiger partial charge in [0.25, 0.3) is 5.91 Å². The Morgan fingerprint density at radius 2 is 1.77 bits per heavy atom. The average Bonchev–Trinajstić information content (AvgIpc) is 3.29. The van der Waals surface area contributed by atoms with E-state index in [9.17, 15) is 9.59 Å². The third kappa shape index (κ3) is 5.51. The van der Waals surface area contributed by atoms with E-state index in [4.69, 9.17) is 16.1 Å². The predicted molar refractivity (Wildman–Crippen MR) is 118 cm³/mol. The summed E-state index contributed by atoms with van der Waals surface area (Å²) < 4.78 is 5.34. The molecule has 7 nitrogen and oxygen atoms in total. The number of nitrogens with zero attached hydrogens (tertiary/aromatic N) is 3. The number of nitrogens with one attached hydrogen (secondary N) is 1. The standard InChI is InChI=1S/C23H23ClN4O3/c24-19-8-4-7-18(13-19)21-14-20(26-31-21)23(30)28-11-9-27(10-12-28)16-22(29)25-15-17-5-2-1-3-6-17/h1-8,13-14H,9-12,15-16H2,(H,25,29). The lowest BCUT2D eigenvalue weighted by Crippen LogP contribution is -2.51. The van der Waals surface area contributed by atoms with Crippen molar-refractivity contribution in [2.24, 2.45) is 0 Å². The maximum atomic E-state index is 12.8. The minimum atomic E-state index is -0.176. The molecule has 2 aromatic carbocycles. The van der Waals surface area contributed by atoms with Crippen LogP contribution in [0.4, 0.5) is 0 Å². The highest BCUT2D eigenvalue weighted by Gasteiger charge is 2.25. The van der Waals surface area contributed by atoms with Gasteiger partial charge in [0.1, 0.15) is 0 Å². The fourth-order valence-electron chi connectivity index (χ4n) is 3.48. The quantitative estimate of drug-likeness (QED) is 0.640. The third-order valence-electron chi connectivity index (χ3n) is 5.20. The van der Waals surface area contributed by atoms with Crippen LogP contribution >= 0.6 is 11.6 Å². The van der Waals surface area contributed by atoms with E-state index in [1.54, 1.807) is 23.1 Å². The molecule has 2 heterocycles. The number of aromatic nitrogens is 1. The largest absolute Gasteiger partial charge is 0.355 e. The Hall–Kier alpha value is -3.16. The van der Waals surface area contributed by atoms with Gasteiger partial charge in [-0.15, -0.1) is 0 Å². The molecule has 0 spiro atoms. The van der Waals surface area contributed by atoms with Gasteiger partial charge in [0.15, 0.2) is 11.5 Å². The molecule has 0 bridgehead atoms. The molecule has 1 fully saturated rings. The van der Waals surface area contributed by atoms with Gasteiger partial charge in [-0.25, -0.2) is 0 Å². The maximum Gasteiger partial charge on any atom is 0.276 e. The number of piperazine rings is 1. The van der Waals surface area contributed by atoms with Crippen LogP contribution in [0.5, 0.6) is 0 Å². The molecular formula is C23H23ClN4O3. The first kappa shape index (κ1) is 21.1. The molecule has 0 saturated carbocycles. The van der Waals surface area contributed by atoms with E-state index >= 15 is 0 Å². The van der Waals surface area contributed by atoms with Gasteiger partial charge in [0.2, 0.25) is 5.91 Å². The van der Waals surface area contributed by atoms with Crippen LogP contribution in [0.1, 0.15) is 16.1 Å². The Bertz CT molecular complexity index is 1050. The van der Waals surface area contributed by atoms with Crippen molar-refractivity contribution in [2.45, 2.75) is 6.54 Å². The first-order valence-corrected chi connectivity index (χ1v) is 10.5. The van der Waals surface area contributed by atoms with Crippen LogP contribution in [0.3, 0.4) is 0 Å². The highest BCUT2D eigenvalue weighted by molar-refractivity contribution is 6.30. The Kier molecular flexibility index (Phi) is 6.64. The van der Waals surface area contributed by atoms with E-state index in [0.717, 1.165) is 11.1 Å². The molecular weight excluding hydrogens is 416 g/mol. The minimum absolute atomic E-state index is 0.0219. The van der Waals surface area contributed by atoms with Crippen LogP contribution in [-0.2, 0) is 11.3 Å². The van der Waals surface area contributed by atoms with Crippen LogP contribution in [0.2, 0.25) is 5.02 Å². The molecule has 160 valence electrons. The summed E-state index contributed by atoms with van der Waals surface area (Å²) >= 11 is 6.02. The van der Waals surface area contributed by atoms with Crippen molar-refractivity contribution in [1.29, 1.82) is 0 Å². The van der Waals surface area contributed by atoms with Crippen LogP contribution in [0.15, 0.2) is 65.2 Å². The molecule has 0 atom stereocenters. The monoisotopic (exact) mass is 438 g/mol. The molecule has 8 heteroatoms. The summed E-state index contributed by atoms with van der Waals surface area (Å²) in [6, 6.07) is 18.6. The van der Waals surface area contributed by atoms with E-state index in [2.05, 4.69) is 10.5 Å². The lowest BCUT2D eigenvalue weighted by Gasteiger charge is -2.33. The Balaban J connectivity index is 1.26. The fourth-order valence-corrected chi connectivity index (χ4v) is 3.67. The molecule has 3 aromatic rings.